The fraction of sp³-hybridized carbons (Fsp3) is 0.895. The molecule has 0 aliphatic carbocycles. The Labute approximate surface area is 148 Å². The standard InChI is InChI=1S/C19H37NO4/c1-6-16(2)12-10-8-7-9-11-13-19(23)24-17(14-18(21)22)15-20(3,4)5/h16-17H,6-15H2,1-5H3/p+1. The first-order valence-electron chi connectivity index (χ1n) is 9.35. The second kappa shape index (κ2) is 12.3. The number of carbonyl (C=O) groups excluding carboxylic acids is 1. The van der Waals surface area contributed by atoms with Crippen LogP contribution in [0.1, 0.15) is 71.6 Å². The van der Waals surface area contributed by atoms with Gasteiger partial charge in [0.2, 0.25) is 0 Å². The van der Waals surface area contributed by atoms with Gasteiger partial charge in [0.15, 0.2) is 6.10 Å². The average molecular weight is 345 g/mol. The predicted octanol–water partition coefficient (Wildman–Crippen LogP) is 3.86. The maximum Gasteiger partial charge on any atom is 0.307 e. The topological polar surface area (TPSA) is 63.6 Å². The first-order valence-corrected chi connectivity index (χ1v) is 9.35. The van der Waals surface area contributed by atoms with Gasteiger partial charge in [-0.3, -0.25) is 9.59 Å². The van der Waals surface area contributed by atoms with Crippen LogP contribution in [0.25, 0.3) is 0 Å². The number of likely N-dealkylation sites (N-methyl/N-ethyl adjacent to an activating group) is 1. The SMILES string of the molecule is CCC(C)CCCCCCCC(=O)OC(CC(=O)O)C[N+](C)(C)C. The molecule has 0 aromatic heterocycles. The zero-order valence-electron chi connectivity index (χ0n) is 16.3. The third-order valence-electron chi connectivity index (χ3n) is 4.23. The Morgan fingerprint density at radius 2 is 1.62 bits per heavy atom. The number of unbranched alkanes of at least 4 members (excludes halogenated alkanes) is 4. The summed E-state index contributed by atoms with van der Waals surface area (Å²) in [5.74, 6) is -0.385. The van der Waals surface area contributed by atoms with E-state index in [4.69, 9.17) is 9.84 Å². The minimum absolute atomic E-state index is 0.128. The number of nitrogens with zero attached hydrogens (tertiary/aromatic N) is 1. The molecular formula is C19H38NO4+. The number of carboxylic acids is 1. The Balaban J connectivity index is 3.90. The van der Waals surface area contributed by atoms with Gasteiger partial charge in [0, 0.05) is 6.42 Å². The lowest BCUT2D eigenvalue weighted by molar-refractivity contribution is -0.873. The molecule has 0 heterocycles. The van der Waals surface area contributed by atoms with Gasteiger partial charge in [0.25, 0.3) is 0 Å². The van der Waals surface area contributed by atoms with E-state index in [1.54, 1.807) is 0 Å². The predicted molar refractivity (Wildman–Crippen MR) is 96.8 cm³/mol. The Kier molecular flexibility index (Phi) is 11.7. The zero-order valence-corrected chi connectivity index (χ0v) is 16.3. The molecule has 0 bridgehead atoms. The van der Waals surface area contributed by atoms with Gasteiger partial charge in [0.1, 0.15) is 6.54 Å². The maximum absolute atomic E-state index is 11.9. The van der Waals surface area contributed by atoms with E-state index >= 15 is 0 Å². The zero-order chi connectivity index (χ0) is 18.6. The summed E-state index contributed by atoms with van der Waals surface area (Å²) >= 11 is 0. The lowest BCUT2D eigenvalue weighted by atomic mass is 10.00. The number of hydrogen-bond donors (Lipinski definition) is 1. The summed E-state index contributed by atoms with van der Waals surface area (Å²) in [7, 11) is 5.88. The molecule has 142 valence electrons. The molecule has 0 aliphatic rings. The molecule has 2 atom stereocenters. The molecule has 0 amide bonds. The average Bonchev–Trinajstić information content (AvgIpc) is 2.43. The van der Waals surface area contributed by atoms with Crippen LogP contribution in [0, 0.1) is 5.92 Å². The number of esters is 1. The molecular weight excluding hydrogens is 306 g/mol. The van der Waals surface area contributed by atoms with Crippen molar-refractivity contribution in [3.63, 3.8) is 0 Å². The lowest BCUT2D eigenvalue weighted by Crippen LogP contribution is -2.43. The third-order valence-corrected chi connectivity index (χ3v) is 4.23. The maximum atomic E-state index is 11.9. The number of carbonyl (C=O) groups is 2. The van der Waals surface area contributed by atoms with Crippen LogP contribution in [0.5, 0.6) is 0 Å². The van der Waals surface area contributed by atoms with Crippen molar-refractivity contribution in [2.75, 3.05) is 27.7 Å². The summed E-state index contributed by atoms with van der Waals surface area (Å²) in [6.45, 7) is 5.03. The minimum atomic E-state index is -0.928. The van der Waals surface area contributed by atoms with E-state index in [9.17, 15) is 9.59 Å². The molecule has 24 heavy (non-hydrogen) atoms. The van der Waals surface area contributed by atoms with Crippen molar-refractivity contribution in [1.29, 1.82) is 0 Å². The number of hydrogen-bond acceptors (Lipinski definition) is 3. The summed E-state index contributed by atoms with van der Waals surface area (Å²) in [6, 6.07) is 0. The van der Waals surface area contributed by atoms with Crippen LogP contribution in [0.2, 0.25) is 0 Å². The van der Waals surface area contributed by atoms with Gasteiger partial charge < -0.3 is 14.3 Å². The molecule has 0 aromatic rings. The molecule has 0 fully saturated rings. The second-order valence-corrected chi connectivity index (χ2v) is 8.00. The summed E-state index contributed by atoms with van der Waals surface area (Å²) in [6.07, 6.45) is 7.76. The van der Waals surface area contributed by atoms with Crippen LogP contribution in [-0.4, -0.2) is 55.3 Å². The Bertz CT molecular complexity index is 363. The molecule has 5 nitrogen and oxygen atoms in total. The van der Waals surface area contributed by atoms with Crippen LogP contribution in [0.4, 0.5) is 0 Å². The fourth-order valence-electron chi connectivity index (χ4n) is 2.69. The van der Waals surface area contributed by atoms with Gasteiger partial charge in [-0.1, -0.05) is 52.4 Å². The van der Waals surface area contributed by atoms with Gasteiger partial charge in [0.05, 0.1) is 27.6 Å². The highest BCUT2D eigenvalue weighted by molar-refractivity contribution is 5.71. The summed E-state index contributed by atoms with van der Waals surface area (Å²) in [4.78, 5) is 22.8. The van der Waals surface area contributed by atoms with Crippen LogP contribution < -0.4 is 0 Å². The molecule has 2 unspecified atom stereocenters. The molecule has 0 rings (SSSR count). The highest BCUT2D eigenvalue weighted by Crippen LogP contribution is 2.14. The summed E-state index contributed by atoms with van der Waals surface area (Å²) < 4.78 is 5.95. The molecule has 0 saturated carbocycles. The van der Waals surface area contributed by atoms with Gasteiger partial charge in [-0.25, -0.2) is 0 Å². The van der Waals surface area contributed by atoms with E-state index < -0.39 is 12.1 Å². The monoisotopic (exact) mass is 344 g/mol. The quantitative estimate of drug-likeness (QED) is 0.295. The number of carboxylic acid groups (broad SMARTS) is 1. The molecule has 0 saturated heterocycles. The summed E-state index contributed by atoms with van der Waals surface area (Å²) in [5, 5.41) is 8.95. The van der Waals surface area contributed by atoms with Gasteiger partial charge in [-0.05, 0) is 12.3 Å². The van der Waals surface area contributed by atoms with Crippen molar-refractivity contribution < 1.29 is 23.9 Å². The summed E-state index contributed by atoms with van der Waals surface area (Å²) in [5.41, 5.74) is 0. The smallest absolute Gasteiger partial charge is 0.307 e. The van der Waals surface area contributed by atoms with E-state index in [1.807, 2.05) is 21.1 Å². The fourth-order valence-corrected chi connectivity index (χ4v) is 2.69. The second-order valence-electron chi connectivity index (χ2n) is 8.00. The molecule has 0 spiro atoms. The normalized spacial score (nSPS) is 14.2. The molecule has 0 aliphatic heterocycles. The molecule has 1 N–H and O–H groups in total. The number of rotatable bonds is 14. The van der Waals surface area contributed by atoms with Gasteiger partial charge >= 0.3 is 11.9 Å². The lowest BCUT2D eigenvalue weighted by Gasteiger charge is -2.28. The minimum Gasteiger partial charge on any atom is -0.481 e. The molecule has 5 heteroatoms. The Hall–Kier alpha value is -1.10. The van der Waals surface area contributed by atoms with E-state index in [1.165, 1.54) is 25.7 Å². The van der Waals surface area contributed by atoms with E-state index in [-0.39, 0.29) is 12.4 Å². The number of quaternary nitrogens is 1. The molecule has 0 radical (unpaired) electrons. The van der Waals surface area contributed by atoms with E-state index in [2.05, 4.69) is 13.8 Å². The first-order chi connectivity index (χ1) is 11.1. The van der Waals surface area contributed by atoms with Gasteiger partial charge in [-0.15, -0.1) is 0 Å². The van der Waals surface area contributed by atoms with Crippen molar-refractivity contribution in [3.05, 3.63) is 0 Å². The highest BCUT2D eigenvalue weighted by Gasteiger charge is 2.24. The van der Waals surface area contributed by atoms with E-state index in [0.29, 0.717) is 17.4 Å². The number of aliphatic carboxylic acids is 1. The third kappa shape index (κ3) is 14.5. The highest BCUT2D eigenvalue weighted by atomic mass is 16.5. The van der Waals surface area contributed by atoms with Crippen LogP contribution in [-0.2, 0) is 14.3 Å². The van der Waals surface area contributed by atoms with E-state index in [0.717, 1.165) is 25.2 Å². The molecule has 0 aromatic carbocycles. The van der Waals surface area contributed by atoms with Crippen molar-refractivity contribution in [3.8, 4) is 0 Å². The van der Waals surface area contributed by atoms with Crippen LogP contribution in [0.15, 0.2) is 0 Å². The van der Waals surface area contributed by atoms with Crippen LogP contribution >= 0.6 is 0 Å². The van der Waals surface area contributed by atoms with Crippen molar-refractivity contribution >= 4 is 11.9 Å². The van der Waals surface area contributed by atoms with Gasteiger partial charge in [-0.2, -0.15) is 0 Å². The van der Waals surface area contributed by atoms with Crippen molar-refractivity contribution in [1.82, 2.24) is 0 Å². The van der Waals surface area contributed by atoms with Crippen molar-refractivity contribution in [2.24, 2.45) is 5.92 Å². The number of ether oxygens (including phenoxy) is 1. The van der Waals surface area contributed by atoms with Crippen LogP contribution in [0.3, 0.4) is 0 Å². The van der Waals surface area contributed by atoms with Crippen molar-refractivity contribution in [2.45, 2.75) is 77.7 Å². The first kappa shape index (κ1) is 22.9. The Morgan fingerprint density at radius 3 is 2.17 bits per heavy atom. The Morgan fingerprint density at radius 1 is 1.04 bits per heavy atom. The largest absolute Gasteiger partial charge is 0.481 e.